The third kappa shape index (κ3) is 5.80. The molecule has 1 heterocycles. The highest BCUT2D eigenvalue weighted by atomic mass is 16.5. The molecular weight excluding hydrogens is 236 g/mol. The molecule has 3 nitrogen and oxygen atoms in total. The molecule has 1 rings (SSSR count). The number of rotatable bonds is 8. The number of nitrogens with one attached hydrogen (secondary N) is 1. The predicted molar refractivity (Wildman–Crippen MR) is 82.6 cm³/mol. The van der Waals surface area contributed by atoms with Crippen molar-refractivity contribution < 1.29 is 4.74 Å². The topological polar surface area (TPSA) is 24.5 Å². The first kappa shape index (κ1) is 16.9. The first-order chi connectivity index (χ1) is 9.00. The van der Waals surface area contributed by atoms with Gasteiger partial charge in [-0.15, -0.1) is 0 Å². The number of nitrogens with zero attached hydrogens (tertiary/aromatic N) is 1. The fraction of sp³-hybridized carbons (Fsp3) is 1.00. The van der Waals surface area contributed by atoms with E-state index in [2.05, 4.69) is 44.8 Å². The van der Waals surface area contributed by atoms with Gasteiger partial charge in [-0.3, -0.25) is 4.90 Å². The van der Waals surface area contributed by atoms with E-state index in [1.165, 1.54) is 19.3 Å². The first-order valence-corrected chi connectivity index (χ1v) is 8.07. The summed E-state index contributed by atoms with van der Waals surface area (Å²) in [5, 5.41) is 3.74. The van der Waals surface area contributed by atoms with Crippen LogP contribution in [0.3, 0.4) is 0 Å². The van der Waals surface area contributed by atoms with Crippen molar-refractivity contribution in [1.82, 2.24) is 10.2 Å². The van der Waals surface area contributed by atoms with Crippen molar-refractivity contribution in [2.75, 3.05) is 32.8 Å². The SMILES string of the molecule is CCCC1CNC(C)(CC)CN1CCOCC(C)C. The van der Waals surface area contributed by atoms with Gasteiger partial charge in [-0.2, -0.15) is 0 Å². The highest BCUT2D eigenvalue weighted by molar-refractivity contribution is 4.94. The smallest absolute Gasteiger partial charge is 0.0593 e. The molecule has 0 radical (unpaired) electrons. The minimum atomic E-state index is 0.280. The van der Waals surface area contributed by atoms with Gasteiger partial charge in [-0.1, -0.05) is 34.1 Å². The molecule has 1 saturated heterocycles. The summed E-state index contributed by atoms with van der Waals surface area (Å²) >= 11 is 0. The van der Waals surface area contributed by atoms with Crippen molar-refractivity contribution in [2.24, 2.45) is 5.92 Å². The Bertz CT molecular complexity index is 245. The molecule has 0 bridgehead atoms. The number of hydrogen-bond acceptors (Lipinski definition) is 3. The van der Waals surface area contributed by atoms with E-state index in [0.717, 1.165) is 32.8 Å². The molecule has 0 amide bonds. The molecule has 0 saturated carbocycles. The molecule has 3 heteroatoms. The average molecular weight is 270 g/mol. The summed E-state index contributed by atoms with van der Waals surface area (Å²) in [6.45, 7) is 16.4. The molecule has 1 N–H and O–H groups in total. The Labute approximate surface area is 120 Å². The van der Waals surface area contributed by atoms with E-state index in [9.17, 15) is 0 Å². The second kappa shape index (κ2) is 8.23. The maximum Gasteiger partial charge on any atom is 0.0593 e. The monoisotopic (exact) mass is 270 g/mol. The lowest BCUT2D eigenvalue weighted by Gasteiger charge is -2.46. The molecule has 2 unspecified atom stereocenters. The van der Waals surface area contributed by atoms with Crippen LogP contribution in [0.5, 0.6) is 0 Å². The lowest BCUT2D eigenvalue weighted by atomic mass is 9.92. The van der Waals surface area contributed by atoms with Crippen molar-refractivity contribution in [1.29, 1.82) is 0 Å². The van der Waals surface area contributed by atoms with Gasteiger partial charge in [0.25, 0.3) is 0 Å². The fourth-order valence-electron chi connectivity index (χ4n) is 2.74. The van der Waals surface area contributed by atoms with E-state index >= 15 is 0 Å². The summed E-state index contributed by atoms with van der Waals surface area (Å²) in [6.07, 6.45) is 3.74. The quantitative estimate of drug-likeness (QED) is 0.686. The van der Waals surface area contributed by atoms with Crippen LogP contribution >= 0.6 is 0 Å². The van der Waals surface area contributed by atoms with Crippen LogP contribution in [0.1, 0.15) is 53.9 Å². The van der Waals surface area contributed by atoms with Crippen molar-refractivity contribution in [2.45, 2.75) is 65.5 Å². The zero-order valence-corrected chi connectivity index (χ0v) is 13.7. The maximum absolute atomic E-state index is 5.76. The van der Waals surface area contributed by atoms with E-state index in [1.807, 2.05) is 0 Å². The lowest BCUT2D eigenvalue weighted by Crippen LogP contribution is -2.63. The standard InChI is InChI=1S/C16H34N2O/c1-6-8-15-11-17-16(5,7-2)13-18(15)9-10-19-12-14(3)4/h14-15,17H,6-13H2,1-5H3. The van der Waals surface area contributed by atoms with Gasteiger partial charge < -0.3 is 10.1 Å². The highest BCUT2D eigenvalue weighted by Gasteiger charge is 2.33. The summed E-state index contributed by atoms with van der Waals surface area (Å²) in [5.41, 5.74) is 0.280. The Kier molecular flexibility index (Phi) is 7.33. The van der Waals surface area contributed by atoms with Crippen molar-refractivity contribution >= 4 is 0 Å². The summed E-state index contributed by atoms with van der Waals surface area (Å²) in [5.74, 6) is 0.635. The zero-order valence-electron chi connectivity index (χ0n) is 13.7. The molecule has 19 heavy (non-hydrogen) atoms. The van der Waals surface area contributed by atoms with Crippen LogP contribution in [0.4, 0.5) is 0 Å². The molecule has 114 valence electrons. The Balaban J connectivity index is 2.42. The molecule has 0 aromatic rings. The largest absolute Gasteiger partial charge is 0.380 e. The molecule has 1 fully saturated rings. The van der Waals surface area contributed by atoms with Crippen LogP contribution in [-0.4, -0.2) is 49.3 Å². The third-order valence-electron chi connectivity index (χ3n) is 4.21. The number of ether oxygens (including phenoxy) is 1. The van der Waals surface area contributed by atoms with Gasteiger partial charge in [-0.05, 0) is 25.7 Å². The minimum absolute atomic E-state index is 0.280. The third-order valence-corrected chi connectivity index (χ3v) is 4.21. The highest BCUT2D eigenvalue weighted by Crippen LogP contribution is 2.20. The van der Waals surface area contributed by atoms with Crippen LogP contribution in [0.15, 0.2) is 0 Å². The predicted octanol–water partition coefficient (Wildman–Crippen LogP) is 2.90. The lowest BCUT2D eigenvalue weighted by molar-refractivity contribution is 0.0342. The number of hydrogen-bond donors (Lipinski definition) is 1. The van der Waals surface area contributed by atoms with Crippen LogP contribution in [0.25, 0.3) is 0 Å². The molecule has 0 aromatic heterocycles. The van der Waals surface area contributed by atoms with Crippen LogP contribution < -0.4 is 5.32 Å². The molecule has 0 aliphatic carbocycles. The molecular formula is C16H34N2O. The average Bonchev–Trinajstić information content (AvgIpc) is 2.38. The maximum atomic E-state index is 5.76. The van der Waals surface area contributed by atoms with Crippen molar-refractivity contribution in [3.63, 3.8) is 0 Å². The van der Waals surface area contributed by atoms with E-state index in [-0.39, 0.29) is 5.54 Å². The molecule has 2 atom stereocenters. The fourth-order valence-corrected chi connectivity index (χ4v) is 2.74. The van der Waals surface area contributed by atoms with Crippen LogP contribution in [0, 0.1) is 5.92 Å². The Morgan fingerprint density at radius 2 is 2.11 bits per heavy atom. The van der Waals surface area contributed by atoms with Crippen molar-refractivity contribution in [3.05, 3.63) is 0 Å². The molecule has 0 aromatic carbocycles. The van der Waals surface area contributed by atoms with E-state index in [4.69, 9.17) is 4.74 Å². The van der Waals surface area contributed by atoms with Gasteiger partial charge in [0, 0.05) is 37.8 Å². The van der Waals surface area contributed by atoms with Crippen LogP contribution in [-0.2, 0) is 4.74 Å². The van der Waals surface area contributed by atoms with Gasteiger partial charge >= 0.3 is 0 Å². The normalized spacial score (nSPS) is 29.1. The minimum Gasteiger partial charge on any atom is -0.380 e. The Morgan fingerprint density at radius 3 is 2.68 bits per heavy atom. The first-order valence-electron chi connectivity index (χ1n) is 8.07. The van der Waals surface area contributed by atoms with Gasteiger partial charge in [-0.25, -0.2) is 0 Å². The Hall–Kier alpha value is -0.120. The summed E-state index contributed by atoms with van der Waals surface area (Å²) in [6, 6.07) is 0.687. The van der Waals surface area contributed by atoms with Gasteiger partial charge in [0.15, 0.2) is 0 Å². The second-order valence-electron chi connectivity index (χ2n) is 6.68. The zero-order chi connectivity index (χ0) is 14.3. The van der Waals surface area contributed by atoms with E-state index in [0.29, 0.717) is 12.0 Å². The van der Waals surface area contributed by atoms with E-state index < -0.39 is 0 Å². The van der Waals surface area contributed by atoms with Gasteiger partial charge in [0.2, 0.25) is 0 Å². The summed E-state index contributed by atoms with van der Waals surface area (Å²) in [7, 11) is 0. The van der Waals surface area contributed by atoms with Gasteiger partial charge in [0.05, 0.1) is 6.61 Å². The van der Waals surface area contributed by atoms with Crippen molar-refractivity contribution in [3.8, 4) is 0 Å². The van der Waals surface area contributed by atoms with Gasteiger partial charge in [0.1, 0.15) is 0 Å². The second-order valence-corrected chi connectivity index (χ2v) is 6.68. The molecule has 1 aliphatic heterocycles. The Morgan fingerprint density at radius 1 is 1.37 bits per heavy atom. The molecule has 1 aliphatic rings. The van der Waals surface area contributed by atoms with Crippen LogP contribution in [0.2, 0.25) is 0 Å². The summed E-state index contributed by atoms with van der Waals surface area (Å²) < 4.78 is 5.76. The number of piperazine rings is 1. The van der Waals surface area contributed by atoms with E-state index in [1.54, 1.807) is 0 Å². The summed E-state index contributed by atoms with van der Waals surface area (Å²) in [4.78, 5) is 2.64. The molecule has 0 spiro atoms.